The first-order valence-electron chi connectivity index (χ1n) is 5.83. The lowest BCUT2D eigenvalue weighted by Gasteiger charge is -2.18. The summed E-state index contributed by atoms with van der Waals surface area (Å²) >= 11 is 9.14. The highest BCUT2D eigenvalue weighted by Crippen LogP contribution is 2.34. The average Bonchev–Trinajstić information content (AvgIpc) is 2.40. The van der Waals surface area contributed by atoms with Crippen molar-refractivity contribution in [1.82, 2.24) is 0 Å². The first-order valence-corrected chi connectivity index (χ1v) is 7.00. The minimum atomic E-state index is -4.77. The van der Waals surface area contributed by atoms with E-state index >= 15 is 0 Å². The smallest absolute Gasteiger partial charge is 0.405 e. The van der Waals surface area contributed by atoms with Crippen LogP contribution in [0, 0.1) is 0 Å². The van der Waals surface area contributed by atoms with Gasteiger partial charge in [-0.1, -0.05) is 35.9 Å². The Morgan fingerprint density at radius 2 is 1.81 bits per heavy atom. The van der Waals surface area contributed by atoms with Gasteiger partial charge in [0.25, 0.3) is 0 Å². The minimum Gasteiger partial charge on any atom is -0.405 e. The average molecular weight is 381 g/mol. The van der Waals surface area contributed by atoms with E-state index in [1.54, 1.807) is 24.3 Å². The molecule has 0 bridgehead atoms. The lowest BCUT2D eigenvalue weighted by molar-refractivity contribution is -0.274. The van der Waals surface area contributed by atoms with Gasteiger partial charge in [-0.15, -0.1) is 13.2 Å². The van der Waals surface area contributed by atoms with E-state index in [1.807, 2.05) is 0 Å². The van der Waals surface area contributed by atoms with E-state index < -0.39 is 12.4 Å². The maximum atomic E-state index is 12.4. The van der Waals surface area contributed by atoms with E-state index in [1.165, 1.54) is 18.2 Å². The number of hydrogen-bond donors (Lipinski definition) is 1. The molecule has 0 aliphatic heterocycles. The Kier molecular flexibility index (Phi) is 4.81. The Morgan fingerprint density at radius 3 is 2.43 bits per heavy atom. The molecule has 0 spiro atoms. The van der Waals surface area contributed by atoms with Crippen molar-refractivity contribution in [2.24, 2.45) is 5.73 Å². The molecule has 2 aromatic rings. The highest BCUT2D eigenvalue weighted by Gasteiger charge is 2.32. The topological polar surface area (TPSA) is 35.2 Å². The van der Waals surface area contributed by atoms with E-state index in [2.05, 4.69) is 20.7 Å². The number of para-hydroxylation sites is 1. The first-order chi connectivity index (χ1) is 9.78. The predicted molar refractivity (Wildman–Crippen MR) is 78.3 cm³/mol. The Labute approximate surface area is 132 Å². The highest BCUT2D eigenvalue weighted by molar-refractivity contribution is 9.10. The van der Waals surface area contributed by atoms with Crippen LogP contribution in [0.4, 0.5) is 13.2 Å². The molecule has 2 aromatic carbocycles. The Hall–Kier alpha value is -1.24. The molecule has 2 N–H and O–H groups in total. The fraction of sp³-hybridized carbons (Fsp3) is 0.143. The van der Waals surface area contributed by atoms with Gasteiger partial charge in [-0.25, -0.2) is 0 Å². The molecule has 0 aromatic heterocycles. The molecule has 112 valence electrons. The third kappa shape index (κ3) is 4.12. The van der Waals surface area contributed by atoms with Crippen LogP contribution in [0.2, 0.25) is 5.02 Å². The van der Waals surface area contributed by atoms with Crippen molar-refractivity contribution < 1.29 is 17.9 Å². The molecule has 1 unspecified atom stereocenters. The third-order valence-corrected chi connectivity index (χ3v) is 4.00. The Bertz CT molecular complexity index is 648. The van der Waals surface area contributed by atoms with E-state index in [9.17, 15) is 13.2 Å². The molecular weight excluding hydrogens is 371 g/mol. The number of rotatable bonds is 3. The number of alkyl halides is 3. The number of hydrogen-bond acceptors (Lipinski definition) is 2. The van der Waals surface area contributed by atoms with Crippen molar-refractivity contribution in [2.45, 2.75) is 12.4 Å². The zero-order chi connectivity index (χ0) is 15.6. The van der Waals surface area contributed by atoms with Crippen LogP contribution in [0.1, 0.15) is 17.2 Å². The Balaban J connectivity index is 2.38. The normalized spacial score (nSPS) is 13.0. The second-order valence-electron chi connectivity index (χ2n) is 4.24. The van der Waals surface area contributed by atoms with Crippen molar-refractivity contribution in [2.75, 3.05) is 0 Å². The molecule has 0 fully saturated rings. The molecule has 1 atom stereocenters. The van der Waals surface area contributed by atoms with Gasteiger partial charge < -0.3 is 10.5 Å². The summed E-state index contributed by atoms with van der Waals surface area (Å²) in [6.45, 7) is 0. The molecule has 0 aliphatic rings. The van der Waals surface area contributed by atoms with E-state index in [-0.39, 0.29) is 11.3 Å². The molecule has 21 heavy (non-hydrogen) atoms. The monoisotopic (exact) mass is 379 g/mol. The van der Waals surface area contributed by atoms with Crippen LogP contribution < -0.4 is 10.5 Å². The standard InChI is InChI=1S/C14H10BrClF3NO/c15-10-7-8(5-6-11(10)16)13(20)9-3-1-2-4-12(9)21-14(17,18)19/h1-7,13H,20H2. The van der Waals surface area contributed by atoms with Crippen LogP contribution in [0.15, 0.2) is 46.9 Å². The van der Waals surface area contributed by atoms with Gasteiger partial charge in [0.05, 0.1) is 11.1 Å². The number of nitrogens with two attached hydrogens (primary N) is 1. The van der Waals surface area contributed by atoms with Crippen LogP contribution >= 0.6 is 27.5 Å². The predicted octanol–water partition coefficient (Wildman–Crippen LogP) is 5.05. The summed E-state index contributed by atoms with van der Waals surface area (Å²) < 4.78 is 41.9. The molecule has 0 amide bonds. The SMILES string of the molecule is NC(c1ccc(Cl)c(Br)c1)c1ccccc1OC(F)(F)F. The zero-order valence-electron chi connectivity index (χ0n) is 10.5. The van der Waals surface area contributed by atoms with Gasteiger partial charge in [0.2, 0.25) is 0 Å². The van der Waals surface area contributed by atoms with Gasteiger partial charge in [-0.05, 0) is 39.7 Å². The van der Waals surface area contributed by atoms with Gasteiger partial charge >= 0.3 is 6.36 Å². The molecule has 2 nitrogen and oxygen atoms in total. The van der Waals surface area contributed by atoms with Gasteiger partial charge in [0.15, 0.2) is 0 Å². The van der Waals surface area contributed by atoms with Crippen molar-refractivity contribution in [3.63, 3.8) is 0 Å². The van der Waals surface area contributed by atoms with Crippen LogP contribution in [0.25, 0.3) is 0 Å². The van der Waals surface area contributed by atoms with Gasteiger partial charge in [0, 0.05) is 10.0 Å². The van der Waals surface area contributed by atoms with E-state index in [0.717, 1.165) is 0 Å². The molecule has 0 heterocycles. The quantitative estimate of drug-likeness (QED) is 0.809. The molecule has 0 radical (unpaired) electrons. The molecular formula is C14H10BrClF3NO. The second kappa shape index (κ2) is 6.25. The molecule has 2 rings (SSSR count). The third-order valence-electron chi connectivity index (χ3n) is 2.78. The van der Waals surface area contributed by atoms with Gasteiger partial charge in [-0.3, -0.25) is 0 Å². The summed E-state index contributed by atoms with van der Waals surface area (Å²) in [6, 6.07) is 9.95. The van der Waals surface area contributed by atoms with Crippen molar-refractivity contribution >= 4 is 27.5 Å². The summed E-state index contributed by atoms with van der Waals surface area (Å²) in [6.07, 6.45) is -4.77. The Morgan fingerprint density at radius 1 is 1.14 bits per heavy atom. The van der Waals surface area contributed by atoms with Crippen LogP contribution in [0.3, 0.4) is 0 Å². The molecule has 7 heteroatoms. The maximum absolute atomic E-state index is 12.4. The summed E-state index contributed by atoms with van der Waals surface area (Å²) in [7, 11) is 0. The fourth-order valence-corrected chi connectivity index (χ4v) is 2.35. The van der Waals surface area contributed by atoms with E-state index in [0.29, 0.717) is 15.1 Å². The van der Waals surface area contributed by atoms with Crippen molar-refractivity contribution in [1.29, 1.82) is 0 Å². The number of ether oxygens (including phenoxy) is 1. The minimum absolute atomic E-state index is 0.240. The highest BCUT2D eigenvalue weighted by atomic mass is 79.9. The van der Waals surface area contributed by atoms with Crippen molar-refractivity contribution in [3.05, 3.63) is 63.1 Å². The summed E-state index contributed by atoms with van der Waals surface area (Å²) in [4.78, 5) is 0. The van der Waals surface area contributed by atoms with E-state index in [4.69, 9.17) is 17.3 Å². The van der Waals surface area contributed by atoms with Crippen molar-refractivity contribution in [3.8, 4) is 5.75 Å². The summed E-state index contributed by atoms with van der Waals surface area (Å²) in [5, 5.41) is 0.491. The summed E-state index contributed by atoms with van der Waals surface area (Å²) in [5.41, 5.74) is 6.90. The zero-order valence-corrected chi connectivity index (χ0v) is 12.8. The summed E-state index contributed by atoms with van der Waals surface area (Å²) in [5.74, 6) is -0.316. The fourth-order valence-electron chi connectivity index (χ4n) is 1.84. The first kappa shape index (κ1) is 16.1. The molecule has 0 saturated carbocycles. The number of halogens is 5. The largest absolute Gasteiger partial charge is 0.573 e. The van der Waals surface area contributed by atoms with Gasteiger partial charge in [-0.2, -0.15) is 0 Å². The lowest BCUT2D eigenvalue weighted by Crippen LogP contribution is -2.20. The van der Waals surface area contributed by atoms with Gasteiger partial charge in [0.1, 0.15) is 5.75 Å². The number of benzene rings is 2. The second-order valence-corrected chi connectivity index (χ2v) is 5.50. The van der Waals surface area contributed by atoms with Crippen LogP contribution in [-0.4, -0.2) is 6.36 Å². The molecule has 0 aliphatic carbocycles. The van der Waals surface area contributed by atoms with Crippen LogP contribution in [0.5, 0.6) is 5.75 Å². The maximum Gasteiger partial charge on any atom is 0.573 e. The molecule has 0 saturated heterocycles. The van der Waals surface area contributed by atoms with Crippen LogP contribution in [-0.2, 0) is 0 Å². The lowest BCUT2D eigenvalue weighted by atomic mass is 9.99.